The lowest BCUT2D eigenvalue weighted by molar-refractivity contribution is -0.118. The van der Waals surface area contributed by atoms with Gasteiger partial charge in [0.15, 0.2) is 6.61 Å². The van der Waals surface area contributed by atoms with Crippen LogP contribution in [0.4, 0.5) is 5.69 Å². The molecular weight excluding hydrogens is 333 g/mol. The summed E-state index contributed by atoms with van der Waals surface area (Å²) in [6.07, 6.45) is 0. The molecule has 3 nitrogen and oxygen atoms in total. The van der Waals surface area contributed by atoms with Gasteiger partial charge < -0.3 is 10.1 Å². The lowest BCUT2D eigenvalue weighted by Gasteiger charge is -2.10. The number of amides is 1. The number of fused-ring (bicyclic) bond motifs is 1. The zero-order valence-electron chi connectivity index (χ0n) is 12.1. The molecule has 0 bridgehead atoms. The van der Waals surface area contributed by atoms with Crippen LogP contribution in [-0.4, -0.2) is 12.5 Å². The quantitative estimate of drug-likeness (QED) is 0.708. The van der Waals surface area contributed by atoms with Crippen LogP contribution >= 0.6 is 23.2 Å². The second-order valence-electron chi connectivity index (χ2n) is 4.97. The number of rotatable bonds is 4. The fourth-order valence-electron chi connectivity index (χ4n) is 2.28. The van der Waals surface area contributed by atoms with E-state index in [1.165, 1.54) is 0 Å². The summed E-state index contributed by atoms with van der Waals surface area (Å²) in [7, 11) is 0. The molecule has 0 aliphatic heterocycles. The van der Waals surface area contributed by atoms with Gasteiger partial charge in [-0.1, -0.05) is 59.6 Å². The molecule has 0 unspecified atom stereocenters. The minimum atomic E-state index is -0.252. The van der Waals surface area contributed by atoms with Crippen LogP contribution in [0.3, 0.4) is 0 Å². The number of ether oxygens (including phenoxy) is 1. The van der Waals surface area contributed by atoms with Crippen molar-refractivity contribution < 1.29 is 9.53 Å². The average Bonchev–Trinajstić information content (AvgIpc) is 2.52. The molecule has 0 radical (unpaired) electrons. The van der Waals surface area contributed by atoms with E-state index in [-0.39, 0.29) is 12.5 Å². The monoisotopic (exact) mass is 345 g/mol. The fourth-order valence-corrected chi connectivity index (χ4v) is 2.79. The summed E-state index contributed by atoms with van der Waals surface area (Å²) in [4.78, 5) is 12.1. The summed E-state index contributed by atoms with van der Waals surface area (Å²) in [5.41, 5.74) is 0.751. The van der Waals surface area contributed by atoms with E-state index in [0.717, 1.165) is 16.5 Å². The molecule has 0 atom stereocenters. The first-order valence-electron chi connectivity index (χ1n) is 6.98. The van der Waals surface area contributed by atoms with Crippen LogP contribution < -0.4 is 10.1 Å². The highest BCUT2D eigenvalue weighted by atomic mass is 35.5. The molecule has 0 aliphatic rings. The zero-order chi connectivity index (χ0) is 16.2. The number of benzene rings is 3. The number of halogens is 2. The van der Waals surface area contributed by atoms with E-state index in [4.69, 9.17) is 27.9 Å². The van der Waals surface area contributed by atoms with Crippen molar-refractivity contribution in [3.05, 3.63) is 70.7 Å². The molecule has 0 aromatic heterocycles. The Morgan fingerprint density at radius 2 is 1.65 bits per heavy atom. The van der Waals surface area contributed by atoms with E-state index in [1.807, 2.05) is 42.5 Å². The lowest BCUT2D eigenvalue weighted by atomic mass is 10.1. The molecule has 1 N–H and O–H groups in total. The van der Waals surface area contributed by atoms with Crippen LogP contribution in [0, 0.1) is 0 Å². The van der Waals surface area contributed by atoms with Crippen LogP contribution in [0.15, 0.2) is 60.7 Å². The topological polar surface area (TPSA) is 38.3 Å². The van der Waals surface area contributed by atoms with Gasteiger partial charge in [0.2, 0.25) is 0 Å². The number of carbonyl (C=O) groups excluding carboxylic acids is 1. The predicted octanol–water partition coefficient (Wildman–Crippen LogP) is 5.16. The van der Waals surface area contributed by atoms with E-state index in [9.17, 15) is 4.79 Å². The SMILES string of the molecule is O=C(COc1cc(Cl)cc(Cl)c1)Nc1cccc2ccccc12. The Labute approximate surface area is 143 Å². The molecule has 0 spiro atoms. The molecule has 3 aromatic rings. The van der Waals surface area contributed by atoms with Crippen LogP contribution in [0.2, 0.25) is 10.0 Å². The summed E-state index contributed by atoms with van der Waals surface area (Å²) in [5, 5.41) is 5.82. The number of anilines is 1. The number of nitrogens with one attached hydrogen (secondary N) is 1. The molecule has 23 heavy (non-hydrogen) atoms. The highest BCUT2D eigenvalue weighted by Crippen LogP contribution is 2.25. The first kappa shape index (κ1) is 15.7. The third kappa shape index (κ3) is 3.95. The Kier molecular flexibility index (Phi) is 4.70. The summed E-state index contributed by atoms with van der Waals surface area (Å²) in [6, 6.07) is 18.4. The van der Waals surface area contributed by atoms with Crippen molar-refractivity contribution in [3.8, 4) is 5.75 Å². The molecule has 0 saturated carbocycles. The van der Waals surface area contributed by atoms with Crippen molar-refractivity contribution in [1.82, 2.24) is 0 Å². The summed E-state index contributed by atoms with van der Waals surface area (Å²) in [6.45, 7) is -0.125. The molecular formula is C18H13Cl2NO2. The van der Waals surface area contributed by atoms with Gasteiger partial charge in [0.05, 0.1) is 0 Å². The fraction of sp³-hybridized carbons (Fsp3) is 0.0556. The minimum absolute atomic E-state index is 0.125. The summed E-state index contributed by atoms with van der Waals surface area (Å²) < 4.78 is 5.43. The molecule has 0 saturated heterocycles. The van der Waals surface area contributed by atoms with Crippen LogP contribution in [0.1, 0.15) is 0 Å². The van der Waals surface area contributed by atoms with Crippen LogP contribution in [-0.2, 0) is 4.79 Å². The first-order chi connectivity index (χ1) is 11.1. The maximum absolute atomic E-state index is 12.1. The minimum Gasteiger partial charge on any atom is -0.484 e. The van der Waals surface area contributed by atoms with Crippen molar-refractivity contribution in [2.75, 3.05) is 11.9 Å². The smallest absolute Gasteiger partial charge is 0.262 e. The summed E-state index contributed by atoms with van der Waals surface area (Å²) >= 11 is 11.8. The lowest BCUT2D eigenvalue weighted by Crippen LogP contribution is -2.20. The average molecular weight is 346 g/mol. The standard InChI is InChI=1S/C18H13Cl2NO2/c19-13-8-14(20)10-15(9-13)23-11-18(22)21-17-7-3-5-12-4-1-2-6-16(12)17/h1-10H,11H2,(H,21,22). The second kappa shape index (κ2) is 6.90. The van der Waals surface area contributed by atoms with E-state index < -0.39 is 0 Å². The molecule has 0 heterocycles. The Morgan fingerprint density at radius 3 is 2.43 bits per heavy atom. The normalized spacial score (nSPS) is 10.5. The molecule has 1 amide bonds. The molecule has 0 aliphatic carbocycles. The third-order valence-corrected chi connectivity index (χ3v) is 3.71. The van der Waals surface area contributed by atoms with Gasteiger partial charge in [0, 0.05) is 21.1 Å². The van der Waals surface area contributed by atoms with Gasteiger partial charge in [0.1, 0.15) is 5.75 Å². The van der Waals surface area contributed by atoms with Crippen molar-refractivity contribution >= 4 is 45.6 Å². The Hall–Kier alpha value is -2.23. The van der Waals surface area contributed by atoms with Crippen molar-refractivity contribution in [2.45, 2.75) is 0 Å². The third-order valence-electron chi connectivity index (χ3n) is 3.27. The highest BCUT2D eigenvalue weighted by Gasteiger charge is 2.07. The van der Waals surface area contributed by atoms with E-state index in [2.05, 4.69) is 5.32 Å². The van der Waals surface area contributed by atoms with E-state index in [0.29, 0.717) is 15.8 Å². The number of carbonyl (C=O) groups is 1. The molecule has 0 fully saturated rings. The number of hydrogen-bond donors (Lipinski definition) is 1. The van der Waals surface area contributed by atoms with Crippen molar-refractivity contribution in [1.29, 1.82) is 0 Å². The second-order valence-corrected chi connectivity index (χ2v) is 5.84. The number of hydrogen-bond acceptors (Lipinski definition) is 2. The molecule has 5 heteroatoms. The van der Waals surface area contributed by atoms with Crippen molar-refractivity contribution in [3.63, 3.8) is 0 Å². The summed E-state index contributed by atoms with van der Waals surface area (Å²) in [5.74, 6) is 0.202. The van der Waals surface area contributed by atoms with Gasteiger partial charge in [0.25, 0.3) is 5.91 Å². The van der Waals surface area contributed by atoms with Gasteiger partial charge in [-0.25, -0.2) is 0 Å². The Bertz CT molecular complexity index is 839. The van der Waals surface area contributed by atoms with Gasteiger partial charge in [-0.2, -0.15) is 0 Å². The van der Waals surface area contributed by atoms with E-state index >= 15 is 0 Å². The van der Waals surface area contributed by atoms with Gasteiger partial charge in [-0.15, -0.1) is 0 Å². The van der Waals surface area contributed by atoms with Gasteiger partial charge in [-0.05, 0) is 29.7 Å². The Morgan fingerprint density at radius 1 is 0.957 bits per heavy atom. The Balaban J connectivity index is 1.69. The van der Waals surface area contributed by atoms with E-state index in [1.54, 1.807) is 18.2 Å². The molecule has 116 valence electrons. The van der Waals surface area contributed by atoms with Gasteiger partial charge >= 0.3 is 0 Å². The predicted molar refractivity (Wildman–Crippen MR) is 94.5 cm³/mol. The highest BCUT2D eigenvalue weighted by molar-refractivity contribution is 6.34. The van der Waals surface area contributed by atoms with Crippen molar-refractivity contribution in [2.24, 2.45) is 0 Å². The van der Waals surface area contributed by atoms with Gasteiger partial charge in [-0.3, -0.25) is 4.79 Å². The zero-order valence-corrected chi connectivity index (χ0v) is 13.6. The molecule has 3 aromatic carbocycles. The maximum atomic E-state index is 12.1. The van der Waals surface area contributed by atoms with Crippen LogP contribution in [0.25, 0.3) is 10.8 Å². The maximum Gasteiger partial charge on any atom is 0.262 e. The van der Waals surface area contributed by atoms with Crippen LogP contribution in [0.5, 0.6) is 5.75 Å². The largest absolute Gasteiger partial charge is 0.484 e. The first-order valence-corrected chi connectivity index (χ1v) is 7.74. The molecule has 3 rings (SSSR count).